The Morgan fingerprint density at radius 3 is 2.78 bits per heavy atom. The van der Waals surface area contributed by atoms with Crippen LogP contribution in [0.5, 0.6) is 0 Å². The van der Waals surface area contributed by atoms with Gasteiger partial charge in [0.1, 0.15) is 5.82 Å². The number of nitrogens with zero attached hydrogens (tertiary/aromatic N) is 1. The fraction of sp³-hybridized carbons (Fsp3) is 0.409. The summed E-state index contributed by atoms with van der Waals surface area (Å²) in [5.74, 6) is 0.102. The first kappa shape index (κ1) is 16.0. The molecule has 0 saturated heterocycles. The Morgan fingerprint density at radius 1 is 1.22 bits per heavy atom. The first-order valence-electron chi connectivity index (χ1n) is 9.79. The molecular weight excluding hydrogens is 359 g/mol. The van der Waals surface area contributed by atoms with Gasteiger partial charge in [0.15, 0.2) is 4.87 Å². The smallest absolute Gasteiger partial charge is 0.268 e. The first-order chi connectivity index (χ1) is 13.0. The molecule has 3 nitrogen and oxygen atoms in total. The van der Waals surface area contributed by atoms with Crippen LogP contribution < -0.4 is 10.2 Å². The second-order valence-corrected chi connectivity index (χ2v) is 9.73. The molecule has 0 bridgehead atoms. The zero-order valence-electron chi connectivity index (χ0n) is 15.2. The number of rotatable bonds is 0. The monoisotopic (exact) mass is 380 g/mol. The van der Waals surface area contributed by atoms with E-state index in [4.69, 9.17) is 0 Å². The SMILES string of the molecule is C[C@@H]1CC2(CCCC2)N2C(=O)[C@]3(Nc4ccccc4S3)c3cc(F)cc1c32. The van der Waals surface area contributed by atoms with Crippen LogP contribution >= 0.6 is 11.8 Å². The molecule has 0 aromatic heterocycles. The van der Waals surface area contributed by atoms with Crippen molar-refractivity contribution in [1.29, 1.82) is 0 Å². The number of anilines is 2. The number of hydrogen-bond acceptors (Lipinski definition) is 3. The van der Waals surface area contributed by atoms with Crippen molar-refractivity contribution < 1.29 is 9.18 Å². The predicted molar refractivity (Wildman–Crippen MR) is 106 cm³/mol. The van der Waals surface area contributed by atoms with Crippen molar-refractivity contribution in [2.24, 2.45) is 0 Å². The van der Waals surface area contributed by atoms with E-state index in [9.17, 15) is 9.18 Å². The first-order valence-corrected chi connectivity index (χ1v) is 10.6. The molecular formula is C22H21FN2OS. The number of carbonyl (C=O) groups is 1. The van der Waals surface area contributed by atoms with Crippen LogP contribution in [0.15, 0.2) is 41.3 Å². The van der Waals surface area contributed by atoms with Gasteiger partial charge >= 0.3 is 0 Å². The molecule has 0 radical (unpaired) electrons. The maximum Gasteiger partial charge on any atom is 0.268 e. The van der Waals surface area contributed by atoms with E-state index in [0.29, 0.717) is 0 Å². The molecule has 2 atom stereocenters. The molecule has 1 saturated carbocycles. The lowest BCUT2D eigenvalue weighted by Crippen LogP contribution is -2.55. The van der Waals surface area contributed by atoms with Crippen molar-refractivity contribution in [2.75, 3.05) is 10.2 Å². The van der Waals surface area contributed by atoms with Crippen LogP contribution in [-0.2, 0) is 9.67 Å². The van der Waals surface area contributed by atoms with Gasteiger partial charge in [-0.25, -0.2) is 4.39 Å². The molecule has 2 aromatic rings. The molecule has 2 spiro atoms. The second kappa shape index (κ2) is 5.07. The number of hydrogen-bond donors (Lipinski definition) is 1. The molecule has 1 fully saturated rings. The van der Waals surface area contributed by atoms with E-state index in [1.807, 2.05) is 24.3 Å². The summed E-state index contributed by atoms with van der Waals surface area (Å²) < 4.78 is 14.6. The highest BCUT2D eigenvalue weighted by Crippen LogP contribution is 2.63. The Kier molecular flexibility index (Phi) is 3.01. The molecule has 4 aliphatic rings. The van der Waals surface area contributed by atoms with E-state index in [1.54, 1.807) is 12.1 Å². The van der Waals surface area contributed by atoms with E-state index >= 15 is 0 Å². The van der Waals surface area contributed by atoms with Gasteiger partial charge in [0, 0.05) is 21.7 Å². The minimum Gasteiger partial charge on any atom is -0.358 e. The Hall–Kier alpha value is -2.01. The Balaban J connectivity index is 1.62. The third-order valence-electron chi connectivity index (χ3n) is 6.90. The van der Waals surface area contributed by atoms with Crippen LogP contribution in [-0.4, -0.2) is 11.4 Å². The number of fused-ring (bicyclic) bond motifs is 3. The van der Waals surface area contributed by atoms with Gasteiger partial charge in [0.05, 0.1) is 5.69 Å². The number of halogens is 1. The summed E-state index contributed by atoms with van der Waals surface area (Å²) in [5, 5.41) is 3.49. The van der Waals surface area contributed by atoms with Crippen LogP contribution in [0.4, 0.5) is 15.8 Å². The van der Waals surface area contributed by atoms with Gasteiger partial charge in [0.2, 0.25) is 0 Å². The Bertz CT molecular complexity index is 973. The fourth-order valence-electron chi connectivity index (χ4n) is 5.83. The van der Waals surface area contributed by atoms with Crippen molar-refractivity contribution in [3.8, 4) is 0 Å². The average Bonchev–Trinajstić information content (AvgIpc) is 3.32. The molecule has 1 aliphatic carbocycles. The molecule has 3 heterocycles. The Morgan fingerprint density at radius 2 is 2.00 bits per heavy atom. The number of thioether (sulfide) groups is 1. The summed E-state index contributed by atoms with van der Waals surface area (Å²) in [7, 11) is 0. The normalized spacial score (nSPS) is 29.3. The number of amides is 1. The van der Waals surface area contributed by atoms with E-state index in [-0.39, 0.29) is 23.2 Å². The summed E-state index contributed by atoms with van der Waals surface area (Å²) in [6.07, 6.45) is 5.36. The standard InChI is InChI=1S/C22H21FN2OS/c1-13-12-21(8-4-5-9-21)25-19-15(13)10-14(23)11-16(19)22(20(25)26)24-17-6-2-3-7-18(17)27-22/h2-3,6-7,10-11,13,24H,4-5,8-9,12H2,1H3/t13-,22+/m1/s1. The Labute approximate surface area is 162 Å². The van der Waals surface area contributed by atoms with Crippen LogP contribution in [0.2, 0.25) is 0 Å². The topological polar surface area (TPSA) is 32.3 Å². The fourth-order valence-corrected chi connectivity index (χ4v) is 7.14. The van der Waals surface area contributed by atoms with Crippen LogP contribution in [0.25, 0.3) is 0 Å². The van der Waals surface area contributed by atoms with Crippen LogP contribution in [0.3, 0.4) is 0 Å². The van der Waals surface area contributed by atoms with Crippen molar-refractivity contribution >= 4 is 29.0 Å². The maximum absolute atomic E-state index is 14.6. The molecule has 0 unspecified atom stereocenters. The number of benzene rings is 2. The summed E-state index contributed by atoms with van der Waals surface area (Å²) in [5.41, 5.74) is 3.64. The number of carbonyl (C=O) groups excluding carboxylic acids is 1. The van der Waals surface area contributed by atoms with E-state index < -0.39 is 4.87 Å². The third-order valence-corrected chi connectivity index (χ3v) is 8.28. The zero-order valence-corrected chi connectivity index (χ0v) is 16.0. The number of nitrogens with one attached hydrogen (secondary N) is 1. The van der Waals surface area contributed by atoms with Crippen molar-refractivity contribution in [3.05, 3.63) is 53.3 Å². The highest BCUT2D eigenvalue weighted by Gasteiger charge is 2.62. The summed E-state index contributed by atoms with van der Waals surface area (Å²) in [4.78, 5) is 16.2. The largest absolute Gasteiger partial charge is 0.358 e. The lowest BCUT2D eigenvalue weighted by molar-refractivity contribution is -0.121. The molecule has 6 rings (SSSR count). The van der Waals surface area contributed by atoms with Crippen molar-refractivity contribution in [2.45, 2.75) is 60.3 Å². The van der Waals surface area contributed by atoms with E-state index in [0.717, 1.165) is 59.5 Å². The summed E-state index contributed by atoms with van der Waals surface area (Å²) in [6.45, 7) is 2.19. The highest BCUT2D eigenvalue weighted by atomic mass is 32.2. The molecule has 1 amide bonds. The van der Waals surface area contributed by atoms with E-state index in [1.165, 1.54) is 11.8 Å². The van der Waals surface area contributed by atoms with Gasteiger partial charge in [-0.15, -0.1) is 0 Å². The maximum atomic E-state index is 14.6. The molecule has 2 aromatic carbocycles. The molecule has 3 aliphatic heterocycles. The number of para-hydroxylation sites is 1. The van der Waals surface area contributed by atoms with Crippen molar-refractivity contribution in [3.63, 3.8) is 0 Å². The quantitative estimate of drug-likeness (QED) is 0.667. The van der Waals surface area contributed by atoms with Gasteiger partial charge in [-0.3, -0.25) is 4.79 Å². The molecule has 5 heteroatoms. The minimum absolute atomic E-state index is 0.0827. The highest BCUT2D eigenvalue weighted by molar-refractivity contribution is 8.01. The summed E-state index contributed by atoms with van der Waals surface area (Å²) >= 11 is 1.54. The van der Waals surface area contributed by atoms with Gasteiger partial charge in [-0.05, 0) is 55.0 Å². The minimum atomic E-state index is -0.935. The molecule has 1 N–H and O–H groups in total. The van der Waals surface area contributed by atoms with Gasteiger partial charge in [-0.1, -0.05) is 43.7 Å². The van der Waals surface area contributed by atoms with Gasteiger partial charge < -0.3 is 10.2 Å². The molecule has 27 heavy (non-hydrogen) atoms. The second-order valence-electron chi connectivity index (χ2n) is 8.47. The summed E-state index contributed by atoms with van der Waals surface area (Å²) in [6, 6.07) is 11.2. The lowest BCUT2D eigenvalue weighted by atomic mass is 9.77. The lowest BCUT2D eigenvalue weighted by Gasteiger charge is -2.46. The predicted octanol–water partition coefficient (Wildman–Crippen LogP) is 5.36. The van der Waals surface area contributed by atoms with Gasteiger partial charge in [-0.2, -0.15) is 0 Å². The van der Waals surface area contributed by atoms with Crippen molar-refractivity contribution in [1.82, 2.24) is 0 Å². The van der Waals surface area contributed by atoms with Crippen LogP contribution in [0, 0.1) is 5.82 Å². The molecule has 138 valence electrons. The average molecular weight is 380 g/mol. The third kappa shape index (κ3) is 1.86. The van der Waals surface area contributed by atoms with Gasteiger partial charge in [0.25, 0.3) is 5.91 Å². The van der Waals surface area contributed by atoms with E-state index in [2.05, 4.69) is 17.1 Å². The van der Waals surface area contributed by atoms with Crippen LogP contribution in [0.1, 0.15) is 56.1 Å². The zero-order chi connectivity index (χ0) is 18.4.